The molecule has 0 radical (unpaired) electrons. The molecule has 0 bridgehead atoms. The normalized spacial score (nSPS) is 15.3. The van der Waals surface area contributed by atoms with Crippen LogP contribution in [0.15, 0.2) is 18.2 Å². The number of halogens is 3. The first kappa shape index (κ1) is 9.82. The van der Waals surface area contributed by atoms with Crippen molar-refractivity contribution in [2.75, 3.05) is 5.32 Å². The summed E-state index contributed by atoms with van der Waals surface area (Å²) in [5.74, 6) is 0. The molecule has 0 aliphatic carbocycles. The second kappa shape index (κ2) is 3.15. The fourth-order valence-corrected chi connectivity index (χ4v) is 1.28. The molecule has 0 spiro atoms. The van der Waals surface area contributed by atoms with Crippen molar-refractivity contribution in [1.29, 1.82) is 0 Å². The first-order valence-corrected chi connectivity index (χ1v) is 4.11. The number of carbonyl (C=O) groups excluding carboxylic acids is 1. The first-order valence-electron chi connectivity index (χ1n) is 4.11. The Hall–Kier alpha value is -1.72. The van der Waals surface area contributed by atoms with Gasteiger partial charge in [-0.1, -0.05) is 6.07 Å². The van der Waals surface area contributed by atoms with Gasteiger partial charge in [-0.25, -0.2) is 4.79 Å². The van der Waals surface area contributed by atoms with Gasteiger partial charge in [0.2, 0.25) is 0 Å². The predicted molar refractivity (Wildman–Crippen MR) is 45.3 cm³/mol. The highest BCUT2D eigenvalue weighted by Gasteiger charge is 2.31. The molecule has 0 saturated heterocycles. The molecular weight excluding hydrogens is 211 g/mol. The first-order chi connectivity index (χ1) is 6.97. The molecule has 1 aliphatic heterocycles. The maximum atomic E-state index is 12.3. The highest BCUT2D eigenvalue weighted by molar-refractivity contribution is 5.87. The number of ether oxygens (including phenoxy) is 1. The second-order valence-corrected chi connectivity index (χ2v) is 3.07. The maximum absolute atomic E-state index is 12.3. The van der Waals surface area contributed by atoms with Crippen molar-refractivity contribution >= 4 is 11.8 Å². The van der Waals surface area contributed by atoms with Gasteiger partial charge in [-0.15, -0.1) is 0 Å². The smallest absolute Gasteiger partial charge is 0.416 e. The Labute approximate surface area is 82.8 Å². The fraction of sp³-hybridized carbons (Fsp3) is 0.222. The molecule has 1 aromatic carbocycles. The van der Waals surface area contributed by atoms with E-state index in [0.717, 1.165) is 12.1 Å². The van der Waals surface area contributed by atoms with E-state index in [-0.39, 0.29) is 12.3 Å². The number of hydrogen-bond acceptors (Lipinski definition) is 2. The standard InChI is InChI=1S/C9H6F3NO2/c10-9(11,12)6-2-1-5-4-15-8(14)13-7(5)3-6/h1-3H,4H2,(H,13,14). The van der Waals surface area contributed by atoms with Gasteiger partial charge in [0.15, 0.2) is 0 Å². The average molecular weight is 217 g/mol. The van der Waals surface area contributed by atoms with Crippen LogP contribution in [0, 0.1) is 0 Å². The Morgan fingerprint density at radius 3 is 2.73 bits per heavy atom. The third kappa shape index (κ3) is 1.88. The summed E-state index contributed by atoms with van der Waals surface area (Å²) in [6.45, 7) is -0.000691. The number of anilines is 1. The second-order valence-electron chi connectivity index (χ2n) is 3.07. The minimum Gasteiger partial charge on any atom is -0.444 e. The Bertz CT molecular complexity index is 414. The van der Waals surface area contributed by atoms with Crippen LogP contribution < -0.4 is 5.32 Å². The quantitative estimate of drug-likeness (QED) is 0.725. The molecule has 3 nitrogen and oxygen atoms in total. The van der Waals surface area contributed by atoms with Crippen molar-refractivity contribution in [3.8, 4) is 0 Å². The van der Waals surface area contributed by atoms with E-state index in [0.29, 0.717) is 5.56 Å². The Balaban J connectivity index is 2.41. The predicted octanol–water partition coefficient (Wildman–Crippen LogP) is 2.77. The third-order valence-corrected chi connectivity index (χ3v) is 2.03. The van der Waals surface area contributed by atoms with Gasteiger partial charge < -0.3 is 4.74 Å². The van der Waals surface area contributed by atoms with Crippen molar-refractivity contribution in [1.82, 2.24) is 0 Å². The summed E-state index contributed by atoms with van der Waals surface area (Å²) in [5.41, 5.74) is -0.105. The monoisotopic (exact) mass is 217 g/mol. The summed E-state index contributed by atoms with van der Waals surface area (Å²) in [4.78, 5) is 10.8. The fourth-order valence-electron chi connectivity index (χ4n) is 1.28. The van der Waals surface area contributed by atoms with Crippen molar-refractivity contribution in [2.45, 2.75) is 12.8 Å². The molecule has 15 heavy (non-hydrogen) atoms. The van der Waals surface area contributed by atoms with Crippen LogP contribution in [0.5, 0.6) is 0 Å². The summed E-state index contributed by atoms with van der Waals surface area (Å²) < 4.78 is 41.5. The van der Waals surface area contributed by atoms with Crippen LogP contribution in [0.3, 0.4) is 0 Å². The molecule has 1 heterocycles. The average Bonchev–Trinajstić information content (AvgIpc) is 2.15. The number of alkyl halides is 3. The van der Waals surface area contributed by atoms with Gasteiger partial charge in [0.25, 0.3) is 0 Å². The van der Waals surface area contributed by atoms with E-state index in [1.807, 2.05) is 0 Å². The van der Waals surface area contributed by atoms with Gasteiger partial charge in [-0.05, 0) is 12.1 Å². The molecule has 1 amide bonds. The molecule has 80 valence electrons. The van der Waals surface area contributed by atoms with Gasteiger partial charge in [0, 0.05) is 5.56 Å². The maximum Gasteiger partial charge on any atom is 0.416 e. The Morgan fingerprint density at radius 1 is 1.33 bits per heavy atom. The van der Waals surface area contributed by atoms with E-state index < -0.39 is 17.8 Å². The summed E-state index contributed by atoms with van der Waals surface area (Å²) in [5, 5.41) is 2.21. The number of hydrogen-bond donors (Lipinski definition) is 1. The van der Waals surface area contributed by atoms with Crippen LogP contribution in [0.4, 0.5) is 23.7 Å². The lowest BCUT2D eigenvalue weighted by atomic mass is 10.1. The molecule has 6 heteroatoms. The summed E-state index contributed by atoms with van der Waals surface area (Å²) in [6.07, 6.45) is -5.14. The summed E-state index contributed by atoms with van der Waals surface area (Å²) in [6, 6.07) is 3.15. The van der Waals surface area contributed by atoms with E-state index in [9.17, 15) is 18.0 Å². The number of carbonyl (C=O) groups is 1. The Kier molecular flexibility index (Phi) is 2.06. The molecule has 0 fully saturated rings. The number of rotatable bonds is 0. The van der Waals surface area contributed by atoms with Gasteiger partial charge in [0.1, 0.15) is 6.61 Å². The van der Waals surface area contributed by atoms with E-state index in [2.05, 4.69) is 10.1 Å². The molecule has 0 atom stereocenters. The van der Waals surface area contributed by atoms with E-state index >= 15 is 0 Å². The molecule has 0 saturated carbocycles. The lowest BCUT2D eigenvalue weighted by Gasteiger charge is -2.18. The third-order valence-electron chi connectivity index (χ3n) is 2.03. The van der Waals surface area contributed by atoms with Gasteiger partial charge in [-0.2, -0.15) is 13.2 Å². The molecule has 1 N–H and O–H groups in total. The molecule has 1 aliphatic rings. The highest BCUT2D eigenvalue weighted by Crippen LogP contribution is 2.33. The largest absolute Gasteiger partial charge is 0.444 e. The minimum atomic E-state index is -4.40. The molecular formula is C9H6F3NO2. The van der Waals surface area contributed by atoms with Crippen LogP contribution in [-0.4, -0.2) is 6.09 Å². The van der Waals surface area contributed by atoms with Crippen molar-refractivity contribution < 1.29 is 22.7 Å². The zero-order chi connectivity index (χ0) is 11.1. The van der Waals surface area contributed by atoms with Gasteiger partial charge >= 0.3 is 12.3 Å². The minimum absolute atomic E-state index is 0.000691. The number of nitrogens with one attached hydrogen (secondary N) is 1. The molecule has 0 aromatic heterocycles. The number of amides is 1. The van der Waals surface area contributed by atoms with Gasteiger partial charge in [-0.3, -0.25) is 5.32 Å². The highest BCUT2D eigenvalue weighted by atomic mass is 19.4. The van der Waals surface area contributed by atoms with Crippen molar-refractivity contribution in [2.24, 2.45) is 0 Å². The zero-order valence-corrected chi connectivity index (χ0v) is 7.39. The van der Waals surface area contributed by atoms with E-state index in [4.69, 9.17) is 0 Å². The van der Waals surface area contributed by atoms with Crippen molar-refractivity contribution in [3.05, 3.63) is 29.3 Å². The van der Waals surface area contributed by atoms with Crippen LogP contribution >= 0.6 is 0 Å². The van der Waals surface area contributed by atoms with Crippen LogP contribution in [-0.2, 0) is 17.5 Å². The summed E-state index contributed by atoms with van der Waals surface area (Å²) >= 11 is 0. The van der Waals surface area contributed by atoms with Crippen LogP contribution in [0.2, 0.25) is 0 Å². The number of cyclic esters (lactones) is 1. The van der Waals surface area contributed by atoms with Crippen LogP contribution in [0.1, 0.15) is 11.1 Å². The van der Waals surface area contributed by atoms with E-state index in [1.54, 1.807) is 0 Å². The van der Waals surface area contributed by atoms with Crippen LogP contribution in [0.25, 0.3) is 0 Å². The molecule has 1 aromatic rings. The molecule has 2 rings (SSSR count). The van der Waals surface area contributed by atoms with Gasteiger partial charge in [0.05, 0.1) is 11.3 Å². The zero-order valence-electron chi connectivity index (χ0n) is 7.39. The lowest BCUT2D eigenvalue weighted by molar-refractivity contribution is -0.137. The number of benzene rings is 1. The molecule has 0 unspecified atom stereocenters. The summed E-state index contributed by atoms with van der Waals surface area (Å²) in [7, 11) is 0. The topological polar surface area (TPSA) is 38.3 Å². The van der Waals surface area contributed by atoms with E-state index in [1.165, 1.54) is 6.07 Å². The Morgan fingerprint density at radius 2 is 2.07 bits per heavy atom. The number of fused-ring (bicyclic) bond motifs is 1. The lowest BCUT2D eigenvalue weighted by Crippen LogP contribution is -2.21. The SMILES string of the molecule is O=C1Nc2cc(C(F)(F)F)ccc2CO1. The van der Waals surface area contributed by atoms with Crippen molar-refractivity contribution in [3.63, 3.8) is 0 Å².